The third kappa shape index (κ3) is 1.90. The van der Waals surface area contributed by atoms with Gasteiger partial charge < -0.3 is 10.0 Å². The predicted octanol–water partition coefficient (Wildman–Crippen LogP) is 0.812. The maximum Gasteiger partial charge on any atom is 0.285 e. The lowest BCUT2D eigenvalue weighted by Gasteiger charge is -2.55. The van der Waals surface area contributed by atoms with Gasteiger partial charge in [-0.15, -0.1) is 0 Å². The fourth-order valence-corrected chi connectivity index (χ4v) is 4.89. The van der Waals surface area contributed by atoms with Crippen molar-refractivity contribution in [2.75, 3.05) is 19.7 Å². The van der Waals surface area contributed by atoms with Crippen LogP contribution in [0.2, 0.25) is 0 Å². The number of carbonyl (C=O) groups is 1. The summed E-state index contributed by atoms with van der Waals surface area (Å²) in [5.74, 6) is -0.0293. The Labute approximate surface area is 139 Å². The second-order valence-corrected chi connectivity index (χ2v) is 8.03. The molecule has 4 rings (SSSR count). The first kappa shape index (κ1) is 15.4. The second-order valence-electron chi connectivity index (χ2n) is 8.03. The average molecular weight is 330 g/mol. The summed E-state index contributed by atoms with van der Waals surface area (Å²) < 4.78 is 1.30. The molecule has 7 nitrogen and oxygen atoms in total. The van der Waals surface area contributed by atoms with Crippen molar-refractivity contribution in [3.05, 3.63) is 33.9 Å². The van der Waals surface area contributed by atoms with Crippen molar-refractivity contribution < 1.29 is 9.90 Å². The minimum absolute atomic E-state index is 0.0709. The Morgan fingerprint density at radius 1 is 1.50 bits per heavy atom. The highest BCUT2D eigenvalue weighted by Gasteiger charge is 2.63. The van der Waals surface area contributed by atoms with Crippen molar-refractivity contribution in [3.8, 4) is 0 Å². The fraction of sp³-hybridized carbons (Fsp3) is 0.588. The molecule has 1 saturated heterocycles. The number of H-pyrrole nitrogens is 1. The minimum Gasteiger partial charge on any atom is -0.396 e. The van der Waals surface area contributed by atoms with Crippen molar-refractivity contribution in [2.45, 2.75) is 27.2 Å². The zero-order valence-electron chi connectivity index (χ0n) is 14.2. The molecule has 1 amide bonds. The minimum atomic E-state index is -0.380. The number of fused-ring (bicyclic) bond motifs is 2. The maximum atomic E-state index is 12.9. The lowest BCUT2D eigenvalue weighted by molar-refractivity contribution is -0.0977. The molecule has 0 aromatic carbocycles. The number of aromatic amines is 1. The van der Waals surface area contributed by atoms with E-state index in [-0.39, 0.29) is 40.4 Å². The van der Waals surface area contributed by atoms with Crippen molar-refractivity contribution in [1.82, 2.24) is 19.5 Å². The van der Waals surface area contributed by atoms with Gasteiger partial charge in [0.1, 0.15) is 5.56 Å². The zero-order chi connectivity index (χ0) is 17.3. The molecule has 7 heteroatoms. The first-order valence-corrected chi connectivity index (χ1v) is 8.25. The largest absolute Gasteiger partial charge is 0.396 e. The van der Waals surface area contributed by atoms with Gasteiger partial charge >= 0.3 is 0 Å². The molecule has 0 radical (unpaired) electrons. The summed E-state index contributed by atoms with van der Waals surface area (Å²) >= 11 is 0. The number of rotatable bonds is 2. The highest BCUT2D eigenvalue weighted by molar-refractivity contribution is 5.94. The average Bonchev–Trinajstić information content (AvgIpc) is 3.06. The number of aromatic nitrogens is 3. The van der Waals surface area contributed by atoms with Gasteiger partial charge in [-0.1, -0.05) is 13.8 Å². The van der Waals surface area contributed by atoms with Gasteiger partial charge in [-0.3, -0.25) is 14.7 Å². The van der Waals surface area contributed by atoms with E-state index in [0.717, 1.165) is 12.1 Å². The number of aliphatic hydroxyl groups is 1. The predicted molar refractivity (Wildman–Crippen MR) is 87.9 cm³/mol. The number of nitrogens with zero attached hydrogens (tertiary/aromatic N) is 3. The number of aliphatic hydroxyl groups excluding tert-OH is 1. The van der Waals surface area contributed by atoms with Crippen LogP contribution in [0.15, 0.2) is 17.1 Å². The number of likely N-dealkylation sites (tertiary alicyclic amines) is 1. The van der Waals surface area contributed by atoms with E-state index in [1.54, 1.807) is 11.0 Å². The first-order valence-electron chi connectivity index (χ1n) is 8.25. The van der Waals surface area contributed by atoms with E-state index >= 15 is 0 Å². The fourth-order valence-electron chi connectivity index (χ4n) is 4.89. The van der Waals surface area contributed by atoms with Gasteiger partial charge in [-0.25, -0.2) is 9.50 Å². The van der Waals surface area contributed by atoms with E-state index in [1.807, 2.05) is 6.92 Å². The quantitative estimate of drug-likeness (QED) is 0.852. The van der Waals surface area contributed by atoms with E-state index in [2.05, 4.69) is 23.9 Å². The summed E-state index contributed by atoms with van der Waals surface area (Å²) in [6, 6.07) is 1.76. The van der Waals surface area contributed by atoms with Gasteiger partial charge in [-0.05, 0) is 24.7 Å². The molecular weight excluding hydrogens is 308 g/mol. The first-order chi connectivity index (χ1) is 11.3. The molecule has 128 valence electrons. The van der Waals surface area contributed by atoms with Gasteiger partial charge in [0.05, 0.1) is 6.61 Å². The molecule has 2 atom stereocenters. The van der Waals surface area contributed by atoms with Crippen LogP contribution in [0.1, 0.15) is 36.3 Å². The van der Waals surface area contributed by atoms with Crippen LogP contribution in [-0.2, 0) is 0 Å². The molecule has 2 N–H and O–H groups in total. The second kappa shape index (κ2) is 4.69. The van der Waals surface area contributed by atoms with Crippen LogP contribution in [-0.4, -0.2) is 50.2 Å². The van der Waals surface area contributed by atoms with Crippen LogP contribution < -0.4 is 5.56 Å². The SMILES string of the molecule is Cc1cc2ncc(C(=O)N3C[C@@H]4C(C)(C)C[C@]4(CO)C3)c(=O)n2[nH]1. The molecule has 2 fully saturated rings. The molecule has 1 aliphatic carbocycles. The zero-order valence-corrected chi connectivity index (χ0v) is 14.2. The molecule has 1 saturated carbocycles. The normalized spacial score (nSPS) is 28.0. The van der Waals surface area contributed by atoms with E-state index in [0.29, 0.717) is 18.7 Å². The Morgan fingerprint density at radius 3 is 2.88 bits per heavy atom. The highest BCUT2D eigenvalue weighted by Crippen LogP contribution is 2.62. The maximum absolute atomic E-state index is 12.9. The number of nitrogens with one attached hydrogen (secondary N) is 1. The number of hydrogen-bond donors (Lipinski definition) is 2. The van der Waals surface area contributed by atoms with Crippen molar-refractivity contribution in [3.63, 3.8) is 0 Å². The molecule has 1 aliphatic heterocycles. The van der Waals surface area contributed by atoms with E-state index < -0.39 is 0 Å². The smallest absolute Gasteiger partial charge is 0.285 e. The molecule has 2 aromatic rings. The molecule has 2 aromatic heterocycles. The van der Waals surface area contributed by atoms with Crippen LogP contribution >= 0.6 is 0 Å². The summed E-state index contributed by atoms with van der Waals surface area (Å²) in [5, 5.41) is 12.7. The van der Waals surface area contributed by atoms with Crippen molar-refractivity contribution in [2.24, 2.45) is 16.7 Å². The number of amides is 1. The van der Waals surface area contributed by atoms with E-state index in [4.69, 9.17) is 0 Å². The van der Waals surface area contributed by atoms with Crippen molar-refractivity contribution >= 4 is 11.6 Å². The molecule has 0 spiro atoms. The molecule has 0 unspecified atom stereocenters. The summed E-state index contributed by atoms with van der Waals surface area (Å²) in [5.41, 5.74) is 0.908. The molecule has 3 heterocycles. The van der Waals surface area contributed by atoms with Crippen LogP contribution in [0, 0.1) is 23.7 Å². The van der Waals surface area contributed by atoms with E-state index in [1.165, 1.54) is 10.7 Å². The summed E-state index contributed by atoms with van der Waals surface area (Å²) in [7, 11) is 0. The number of aryl methyl sites for hydroxylation is 1. The number of hydrogen-bond acceptors (Lipinski definition) is 4. The highest BCUT2D eigenvalue weighted by atomic mass is 16.3. The van der Waals surface area contributed by atoms with Gasteiger partial charge in [0.25, 0.3) is 11.5 Å². The lowest BCUT2D eigenvalue weighted by atomic mass is 9.48. The molecule has 2 aliphatic rings. The Balaban J connectivity index is 1.68. The Bertz CT molecular complexity index is 897. The van der Waals surface area contributed by atoms with Crippen LogP contribution in [0.3, 0.4) is 0 Å². The van der Waals surface area contributed by atoms with Crippen LogP contribution in [0.4, 0.5) is 0 Å². The standard InChI is InChI=1S/C17H22N4O3/c1-10-4-13-18-5-11(15(24)21(13)19-10)14(23)20-6-12-16(2,3)7-17(12,8-20)9-22/h4-5,12,19,22H,6-9H2,1-3H3/t12-,17-/m1/s1. The third-order valence-electron chi connectivity index (χ3n) is 5.85. The molecule has 24 heavy (non-hydrogen) atoms. The third-order valence-corrected chi connectivity index (χ3v) is 5.85. The van der Waals surface area contributed by atoms with Crippen molar-refractivity contribution in [1.29, 1.82) is 0 Å². The van der Waals surface area contributed by atoms with Crippen LogP contribution in [0.5, 0.6) is 0 Å². The van der Waals surface area contributed by atoms with Gasteiger partial charge in [0.15, 0.2) is 5.65 Å². The summed E-state index contributed by atoms with van der Waals surface area (Å²) in [6.07, 6.45) is 2.27. The molecule has 0 bridgehead atoms. The van der Waals surface area contributed by atoms with E-state index in [9.17, 15) is 14.7 Å². The number of carbonyl (C=O) groups excluding carboxylic acids is 1. The summed E-state index contributed by atoms with van der Waals surface area (Å²) in [6.45, 7) is 7.34. The van der Waals surface area contributed by atoms with Gasteiger partial charge in [0, 0.05) is 36.5 Å². The molecular formula is C17H22N4O3. The Kier molecular flexibility index (Phi) is 3.01. The lowest BCUT2D eigenvalue weighted by Crippen LogP contribution is -2.54. The Morgan fingerprint density at radius 2 is 2.25 bits per heavy atom. The van der Waals surface area contributed by atoms with Gasteiger partial charge in [0.2, 0.25) is 0 Å². The van der Waals surface area contributed by atoms with Crippen LogP contribution in [0.25, 0.3) is 5.65 Å². The Hall–Kier alpha value is -2.15. The monoisotopic (exact) mass is 330 g/mol. The summed E-state index contributed by atoms with van der Waals surface area (Å²) in [4.78, 5) is 31.4. The van der Waals surface area contributed by atoms with Gasteiger partial charge in [-0.2, -0.15) is 0 Å². The topological polar surface area (TPSA) is 90.7 Å².